The number of H-pyrrole nitrogens is 1. The molecule has 4 heteroatoms. The van der Waals surface area contributed by atoms with Crippen LogP contribution in [0.1, 0.15) is 65.9 Å². The molecule has 1 atom stereocenters. The van der Waals surface area contributed by atoms with Crippen LogP contribution in [-0.2, 0) is 0 Å². The number of rotatable bonds is 1. The van der Waals surface area contributed by atoms with Crippen molar-refractivity contribution in [3.05, 3.63) is 17.2 Å². The summed E-state index contributed by atoms with van der Waals surface area (Å²) in [5.41, 5.74) is 0.479. The predicted molar refractivity (Wildman–Crippen MR) is 66.8 cm³/mol. The average molecular weight is 236 g/mol. The van der Waals surface area contributed by atoms with Crippen LogP contribution in [0.5, 0.6) is 0 Å². The van der Waals surface area contributed by atoms with E-state index >= 15 is 0 Å². The van der Waals surface area contributed by atoms with E-state index in [9.17, 15) is 8.78 Å². The van der Waals surface area contributed by atoms with Gasteiger partial charge in [0.1, 0.15) is 6.17 Å². The van der Waals surface area contributed by atoms with Crippen molar-refractivity contribution >= 4 is 0 Å². The van der Waals surface area contributed by atoms with Crippen molar-refractivity contribution < 1.29 is 8.78 Å². The first-order valence-corrected chi connectivity index (χ1v) is 5.97. The molecule has 1 N–H and O–H groups in total. The van der Waals surface area contributed by atoms with E-state index in [1.807, 2.05) is 41.5 Å². The summed E-state index contributed by atoms with van der Waals surface area (Å²) in [5.74, 6) is -0.625. The Labute approximate surface area is 98.5 Å². The van der Waals surface area contributed by atoms with Crippen LogP contribution in [0.25, 0.3) is 0 Å². The Balaban J connectivity index is -0.000000245. The van der Waals surface area contributed by atoms with Gasteiger partial charge in [-0.1, -0.05) is 41.5 Å². The van der Waals surface area contributed by atoms with E-state index < -0.39 is 12.1 Å². The topological polar surface area (TPSA) is 28.7 Å². The molecule has 1 unspecified atom stereocenters. The van der Waals surface area contributed by atoms with Crippen molar-refractivity contribution in [3.8, 4) is 0 Å². The van der Waals surface area contributed by atoms with Gasteiger partial charge in [0, 0.05) is 5.56 Å². The summed E-state index contributed by atoms with van der Waals surface area (Å²) in [6.07, 6.45) is -1.18. The van der Waals surface area contributed by atoms with Crippen molar-refractivity contribution in [3.63, 3.8) is 0 Å². The molecular weight excluding hydrogens is 210 g/mol. The number of aromatic nitrogens is 2. The summed E-state index contributed by atoms with van der Waals surface area (Å²) in [4.78, 5) is 0. The smallest absolute Gasteiger partial charge is 0.235 e. The minimum Gasteiger partial charge on any atom is -0.276 e. The highest BCUT2D eigenvalue weighted by Gasteiger charge is 2.12. The highest BCUT2D eigenvalue weighted by atomic mass is 19.1. The molecule has 0 saturated carbocycles. The number of alkyl halides is 1. The third-order valence-corrected chi connectivity index (χ3v) is 1.39. The largest absolute Gasteiger partial charge is 0.276 e. The molecular formula is C12H26F2N2. The van der Waals surface area contributed by atoms with Crippen LogP contribution >= 0.6 is 0 Å². The second kappa shape index (κ2) is 14.1. The fourth-order valence-corrected chi connectivity index (χ4v) is 0.775. The zero-order chi connectivity index (χ0) is 13.7. The van der Waals surface area contributed by atoms with Crippen LogP contribution < -0.4 is 0 Å². The molecule has 1 aromatic rings. The number of nitrogens with one attached hydrogen (secondary N) is 1. The van der Waals surface area contributed by atoms with Crippen LogP contribution in [0.2, 0.25) is 0 Å². The van der Waals surface area contributed by atoms with Crippen molar-refractivity contribution in [2.45, 2.75) is 61.6 Å². The maximum Gasteiger partial charge on any atom is 0.235 e. The molecule has 0 aliphatic heterocycles. The molecule has 16 heavy (non-hydrogen) atoms. The van der Waals surface area contributed by atoms with E-state index in [0.29, 0.717) is 0 Å². The first-order valence-electron chi connectivity index (χ1n) is 5.97. The van der Waals surface area contributed by atoms with Gasteiger partial charge >= 0.3 is 0 Å². The summed E-state index contributed by atoms with van der Waals surface area (Å²) in [7, 11) is 0. The lowest BCUT2D eigenvalue weighted by Gasteiger charge is -1.96. The van der Waals surface area contributed by atoms with Gasteiger partial charge in [-0.15, -0.1) is 5.10 Å². The second-order valence-corrected chi connectivity index (χ2v) is 2.17. The fourth-order valence-electron chi connectivity index (χ4n) is 0.775. The monoisotopic (exact) mass is 236 g/mol. The Kier molecular flexibility index (Phi) is 18.0. The van der Waals surface area contributed by atoms with Crippen LogP contribution in [0, 0.1) is 12.9 Å². The molecule has 0 aliphatic carbocycles. The third kappa shape index (κ3) is 7.37. The summed E-state index contributed by atoms with van der Waals surface area (Å²) in [6, 6.07) is 0. The summed E-state index contributed by atoms with van der Waals surface area (Å²) < 4.78 is 24.9. The van der Waals surface area contributed by atoms with Crippen molar-refractivity contribution in [2.24, 2.45) is 0 Å². The molecule has 0 bridgehead atoms. The van der Waals surface area contributed by atoms with Gasteiger partial charge in [-0.05, 0) is 13.8 Å². The Morgan fingerprint density at radius 2 is 1.44 bits per heavy atom. The van der Waals surface area contributed by atoms with Gasteiger partial charge in [0.05, 0.1) is 5.69 Å². The molecule has 0 radical (unpaired) electrons. The van der Waals surface area contributed by atoms with Gasteiger partial charge in [-0.3, -0.25) is 5.10 Å². The summed E-state index contributed by atoms with van der Waals surface area (Å²) in [6.45, 7) is 14.8. The average Bonchev–Trinajstić information content (AvgIpc) is 2.68. The number of hydrogen-bond donors (Lipinski definition) is 1. The molecule has 0 aliphatic rings. The summed E-state index contributed by atoms with van der Waals surface area (Å²) >= 11 is 0. The molecule has 0 saturated heterocycles. The zero-order valence-electron chi connectivity index (χ0n) is 11.8. The Morgan fingerprint density at radius 3 is 1.56 bits per heavy atom. The molecule has 0 aromatic carbocycles. The maximum atomic E-state index is 12.5. The lowest BCUT2D eigenvalue weighted by molar-refractivity contribution is 0.364. The van der Waals surface area contributed by atoms with Gasteiger partial charge in [-0.2, -0.15) is 4.39 Å². The SMILES string of the molecule is CC.CC.CC.Cc1c(F)n[nH]c1C(C)F. The van der Waals surface area contributed by atoms with Crippen LogP contribution in [0.15, 0.2) is 0 Å². The highest BCUT2D eigenvalue weighted by Crippen LogP contribution is 2.18. The van der Waals surface area contributed by atoms with Crippen molar-refractivity contribution in [1.29, 1.82) is 0 Å². The summed E-state index contributed by atoms with van der Waals surface area (Å²) in [5, 5.41) is 5.48. The third-order valence-electron chi connectivity index (χ3n) is 1.39. The van der Waals surface area contributed by atoms with Gasteiger partial charge in [0.25, 0.3) is 0 Å². The molecule has 1 heterocycles. The van der Waals surface area contributed by atoms with E-state index in [1.54, 1.807) is 0 Å². The highest BCUT2D eigenvalue weighted by molar-refractivity contribution is 5.17. The Bertz CT molecular complexity index is 233. The lowest BCUT2D eigenvalue weighted by Crippen LogP contribution is -1.88. The van der Waals surface area contributed by atoms with E-state index in [-0.39, 0.29) is 11.3 Å². The maximum absolute atomic E-state index is 12.5. The van der Waals surface area contributed by atoms with E-state index in [0.717, 1.165) is 0 Å². The van der Waals surface area contributed by atoms with Gasteiger partial charge in [0.15, 0.2) is 0 Å². The van der Waals surface area contributed by atoms with Gasteiger partial charge in [0.2, 0.25) is 5.95 Å². The first-order chi connectivity index (χ1) is 7.63. The molecule has 98 valence electrons. The van der Waals surface area contributed by atoms with Gasteiger partial charge in [-0.25, -0.2) is 4.39 Å². The predicted octanol–water partition coefficient (Wildman–Crippen LogP) is 4.97. The molecule has 0 fully saturated rings. The second-order valence-electron chi connectivity index (χ2n) is 2.17. The Morgan fingerprint density at radius 1 is 1.06 bits per heavy atom. The minimum atomic E-state index is -1.18. The lowest BCUT2D eigenvalue weighted by atomic mass is 10.2. The minimum absolute atomic E-state index is 0.220. The molecule has 1 rings (SSSR count). The van der Waals surface area contributed by atoms with Crippen LogP contribution in [0.4, 0.5) is 8.78 Å². The molecule has 0 amide bonds. The van der Waals surface area contributed by atoms with Crippen molar-refractivity contribution in [1.82, 2.24) is 10.2 Å². The van der Waals surface area contributed by atoms with Crippen LogP contribution in [0.3, 0.4) is 0 Å². The van der Waals surface area contributed by atoms with E-state index in [4.69, 9.17) is 0 Å². The van der Waals surface area contributed by atoms with Crippen molar-refractivity contribution in [2.75, 3.05) is 0 Å². The zero-order valence-corrected chi connectivity index (χ0v) is 11.8. The quantitative estimate of drug-likeness (QED) is 0.733. The van der Waals surface area contributed by atoms with E-state index in [1.165, 1.54) is 13.8 Å². The molecule has 2 nitrogen and oxygen atoms in total. The van der Waals surface area contributed by atoms with E-state index in [2.05, 4.69) is 10.2 Å². The van der Waals surface area contributed by atoms with Crippen LogP contribution in [-0.4, -0.2) is 10.2 Å². The number of halogens is 2. The first kappa shape index (κ1) is 20.5. The molecule has 1 aromatic heterocycles. The normalized spacial score (nSPS) is 9.62. The molecule has 0 spiro atoms. The standard InChI is InChI=1S/C6H8F2N2.3C2H6/c1-3-5(4(2)7)9-10-6(3)8;3*1-2/h4H,1-2H3,(H,9,10);3*1-2H3. The fraction of sp³-hybridized carbons (Fsp3) is 0.750. The number of nitrogens with zero attached hydrogens (tertiary/aromatic N) is 1. The Hall–Kier alpha value is -0.930. The number of aromatic amines is 1. The van der Waals surface area contributed by atoms with Gasteiger partial charge < -0.3 is 0 Å². The number of hydrogen-bond acceptors (Lipinski definition) is 1.